The lowest BCUT2D eigenvalue weighted by atomic mass is 10.1. The topological polar surface area (TPSA) is 35.5 Å². The van der Waals surface area contributed by atoms with E-state index in [2.05, 4.69) is 6.07 Å². The number of ether oxygens (including phenoxy) is 2. The molecule has 1 aromatic rings. The van der Waals surface area contributed by atoms with Crippen LogP contribution in [-0.2, 0) is 22.4 Å². The maximum Gasteiger partial charge on any atom is 0.306 e. The molecule has 3 heteroatoms. The van der Waals surface area contributed by atoms with Crippen molar-refractivity contribution in [2.75, 3.05) is 13.2 Å². The molecular formula is C13H16O3. The molecule has 0 spiro atoms. The summed E-state index contributed by atoms with van der Waals surface area (Å²) >= 11 is 0. The van der Waals surface area contributed by atoms with Gasteiger partial charge in [0.15, 0.2) is 0 Å². The van der Waals surface area contributed by atoms with Crippen molar-refractivity contribution in [3.8, 4) is 5.75 Å². The highest BCUT2D eigenvalue weighted by Gasteiger charge is 2.12. The second kappa shape index (κ2) is 5.01. The summed E-state index contributed by atoms with van der Waals surface area (Å²) in [6.07, 6.45) is 2.17. The van der Waals surface area contributed by atoms with E-state index in [-0.39, 0.29) is 5.97 Å². The Morgan fingerprint density at radius 2 is 2.38 bits per heavy atom. The van der Waals surface area contributed by atoms with Gasteiger partial charge in [-0.25, -0.2) is 0 Å². The summed E-state index contributed by atoms with van der Waals surface area (Å²) in [5, 5.41) is 0. The van der Waals surface area contributed by atoms with Crippen LogP contribution in [0.5, 0.6) is 5.75 Å². The van der Waals surface area contributed by atoms with Gasteiger partial charge in [0, 0.05) is 12.8 Å². The van der Waals surface area contributed by atoms with Crippen LogP contribution in [0.25, 0.3) is 0 Å². The molecule has 1 aliphatic heterocycles. The van der Waals surface area contributed by atoms with Gasteiger partial charge in [-0.3, -0.25) is 4.79 Å². The molecule has 1 aromatic carbocycles. The number of rotatable bonds is 4. The number of benzene rings is 1. The Morgan fingerprint density at radius 3 is 3.19 bits per heavy atom. The third-order valence-corrected chi connectivity index (χ3v) is 2.68. The second-order valence-corrected chi connectivity index (χ2v) is 3.85. The van der Waals surface area contributed by atoms with Gasteiger partial charge in [-0.2, -0.15) is 0 Å². The minimum Gasteiger partial charge on any atom is -0.493 e. The molecule has 0 N–H and O–H groups in total. The molecule has 0 atom stereocenters. The summed E-state index contributed by atoms with van der Waals surface area (Å²) in [6.45, 7) is 3.05. The molecule has 86 valence electrons. The molecule has 1 heterocycles. The van der Waals surface area contributed by atoms with Crippen molar-refractivity contribution >= 4 is 5.97 Å². The zero-order valence-electron chi connectivity index (χ0n) is 9.49. The van der Waals surface area contributed by atoms with Gasteiger partial charge < -0.3 is 9.47 Å². The van der Waals surface area contributed by atoms with E-state index >= 15 is 0 Å². The van der Waals surface area contributed by atoms with E-state index in [0.717, 1.165) is 25.2 Å². The Bertz CT molecular complexity index is 385. The highest BCUT2D eigenvalue weighted by atomic mass is 16.5. The second-order valence-electron chi connectivity index (χ2n) is 3.85. The van der Waals surface area contributed by atoms with Crippen LogP contribution in [0.1, 0.15) is 24.5 Å². The van der Waals surface area contributed by atoms with Gasteiger partial charge in [0.1, 0.15) is 5.75 Å². The van der Waals surface area contributed by atoms with E-state index in [0.29, 0.717) is 13.0 Å². The number of carbonyl (C=O) groups is 1. The van der Waals surface area contributed by atoms with Gasteiger partial charge >= 0.3 is 5.97 Å². The van der Waals surface area contributed by atoms with E-state index in [1.165, 1.54) is 11.1 Å². The molecule has 0 fully saturated rings. The van der Waals surface area contributed by atoms with Crippen molar-refractivity contribution in [1.82, 2.24) is 0 Å². The monoisotopic (exact) mass is 220 g/mol. The number of hydrogen-bond acceptors (Lipinski definition) is 3. The lowest BCUT2D eigenvalue weighted by Gasteiger charge is -2.04. The maximum atomic E-state index is 11.2. The van der Waals surface area contributed by atoms with Gasteiger partial charge in [0.2, 0.25) is 0 Å². The van der Waals surface area contributed by atoms with Crippen LogP contribution in [0.3, 0.4) is 0 Å². The fourth-order valence-corrected chi connectivity index (χ4v) is 1.87. The first-order valence-electron chi connectivity index (χ1n) is 5.70. The van der Waals surface area contributed by atoms with Crippen LogP contribution >= 0.6 is 0 Å². The Labute approximate surface area is 95.4 Å². The SMILES string of the molecule is CCOC(=O)CCc1ccc2c(c1)CCO2. The molecule has 3 nitrogen and oxygen atoms in total. The van der Waals surface area contributed by atoms with Crippen LogP contribution < -0.4 is 4.74 Å². The van der Waals surface area contributed by atoms with Crippen molar-refractivity contribution in [3.63, 3.8) is 0 Å². The van der Waals surface area contributed by atoms with Crippen LogP contribution in [0.4, 0.5) is 0 Å². The molecule has 0 saturated heterocycles. The Balaban J connectivity index is 1.93. The largest absolute Gasteiger partial charge is 0.493 e. The molecule has 0 unspecified atom stereocenters. The first-order valence-corrected chi connectivity index (χ1v) is 5.70. The molecule has 16 heavy (non-hydrogen) atoms. The fourth-order valence-electron chi connectivity index (χ4n) is 1.87. The maximum absolute atomic E-state index is 11.2. The highest BCUT2D eigenvalue weighted by molar-refractivity contribution is 5.69. The summed E-state index contributed by atoms with van der Waals surface area (Å²) in [5.74, 6) is 0.860. The molecular weight excluding hydrogens is 204 g/mol. The number of fused-ring (bicyclic) bond motifs is 1. The Hall–Kier alpha value is -1.51. The van der Waals surface area contributed by atoms with Gasteiger partial charge in [-0.05, 0) is 30.5 Å². The van der Waals surface area contributed by atoms with Crippen molar-refractivity contribution in [2.45, 2.75) is 26.2 Å². The predicted octanol–water partition coefficient (Wildman–Crippen LogP) is 2.12. The van der Waals surface area contributed by atoms with Crippen LogP contribution in [0.2, 0.25) is 0 Å². The number of aryl methyl sites for hydroxylation is 1. The lowest BCUT2D eigenvalue weighted by Crippen LogP contribution is -2.05. The quantitative estimate of drug-likeness (QED) is 0.729. The molecule has 0 amide bonds. The molecule has 1 aliphatic rings. The molecule has 0 aromatic heterocycles. The van der Waals surface area contributed by atoms with Crippen molar-refractivity contribution in [1.29, 1.82) is 0 Å². The normalized spacial score (nSPS) is 13.1. The molecule has 0 radical (unpaired) electrons. The molecule has 0 bridgehead atoms. The van der Waals surface area contributed by atoms with E-state index in [9.17, 15) is 4.79 Å². The molecule has 0 saturated carbocycles. The Morgan fingerprint density at radius 1 is 1.50 bits per heavy atom. The third-order valence-electron chi connectivity index (χ3n) is 2.68. The van der Waals surface area contributed by atoms with Gasteiger partial charge in [-0.1, -0.05) is 12.1 Å². The first kappa shape index (κ1) is 11.0. The first-order chi connectivity index (χ1) is 7.79. The van der Waals surface area contributed by atoms with Crippen LogP contribution in [-0.4, -0.2) is 19.2 Å². The van der Waals surface area contributed by atoms with Gasteiger partial charge in [-0.15, -0.1) is 0 Å². The van der Waals surface area contributed by atoms with E-state index in [4.69, 9.17) is 9.47 Å². The average molecular weight is 220 g/mol. The van der Waals surface area contributed by atoms with E-state index < -0.39 is 0 Å². The van der Waals surface area contributed by atoms with E-state index in [1.807, 2.05) is 19.1 Å². The average Bonchev–Trinajstić information content (AvgIpc) is 2.74. The zero-order chi connectivity index (χ0) is 11.4. The van der Waals surface area contributed by atoms with Crippen LogP contribution in [0.15, 0.2) is 18.2 Å². The predicted molar refractivity (Wildman–Crippen MR) is 60.6 cm³/mol. The highest BCUT2D eigenvalue weighted by Crippen LogP contribution is 2.26. The van der Waals surface area contributed by atoms with Crippen molar-refractivity contribution < 1.29 is 14.3 Å². The summed E-state index contributed by atoms with van der Waals surface area (Å²) in [6, 6.07) is 6.13. The van der Waals surface area contributed by atoms with E-state index in [1.54, 1.807) is 0 Å². The smallest absolute Gasteiger partial charge is 0.306 e. The number of hydrogen-bond donors (Lipinski definition) is 0. The summed E-state index contributed by atoms with van der Waals surface area (Å²) in [7, 11) is 0. The summed E-state index contributed by atoms with van der Waals surface area (Å²) in [5.41, 5.74) is 2.43. The third kappa shape index (κ3) is 2.54. The lowest BCUT2D eigenvalue weighted by molar-refractivity contribution is -0.143. The number of carbonyl (C=O) groups excluding carboxylic acids is 1. The molecule has 2 rings (SSSR count). The zero-order valence-corrected chi connectivity index (χ0v) is 9.49. The molecule has 0 aliphatic carbocycles. The fraction of sp³-hybridized carbons (Fsp3) is 0.462. The Kier molecular flexibility index (Phi) is 3.44. The van der Waals surface area contributed by atoms with Gasteiger partial charge in [0.05, 0.1) is 13.2 Å². The van der Waals surface area contributed by atoms with Crippen molar-refractivity contribution in [3.05, 3.63) is 29.3 Å². The summed E-state index contributed by atoms with van der Waals surface area (Å²) in [4.78, 5) is 11.2. The standard InChI is InChI=1S/C13H16O3/c1-2-15-13(14)6-4-10-3-5-12-11(9-10)7-8-16-12/h3,5,9H,2,4,6-8H2,1H3. The summed E-state index contributed by atoms with van der Waals surface area (Å²) < 4.78 is 10.3. The van der Waals surface area contributed by atoms with Gasteiger partial charge in [0.25, 0.3) is 0 Å². The minimum atomic E-state index is -0.126. The minimum absolute atomic E-state index is 0.126. The van der Waals surface area contributed by atoms with Crippen molar-refractivity contribution in [2.24, 2.45) is 0 Å². The van der Waals surface area contributed by atoms with Crippen LogP contribution in [0, 0.1) is 0 Å². The number of esters is 1.